The topological polar surface area (TPSA) is 20.2 Å². The molecule has 0 aromatic carbocycles. The Morgan fingerprint density at radius 1 is 1.25 bits per heavy atom. The standard InChI is InChI=1S/C11H20O/c1-2-11(12)8-7-9-5-3-4-6-10(9)11/h9-10,12H,2-8H2,1H3. The number of hydrogen-bond donors (Lipinski definition) is 1. The normalized spacial score (nSPS) is 47.5. The van der Waals surface area contributed by atoms with Gasteiger partial charge in [-0.3, -0.25) is 0 Å². The monoisotopic (exact) mass is 168 g/mol. The summed E-state index contributed by atoms with van der Waals surface area (Å²) in [5.74, 6) is 1.51. The second kappa shape index (κ2) is 3.02. The summed E-state index contributed by atoms with van der Waals surface area (Å²) in [6.07, 6.45) is 8.74. The molecule has 2 aliphatic carbocycles. The summed E-state index contributed by atoms with van der Waals surface area (Å²) in [5.41, 5.74) is -0.273. The molecule has 0 aromatic heterocycles. The maximum absolute atomic E-state index is 10.3. The molecule has 2 rings (SSSR count). The summed E-state index contributed by atoms with van der Waals surface area (Å²) in [7, 11) is 0. The van der Waals surface area contributed by atoms with Crippen LogP contribution in [0.1, 0.15) is 51.9 Å². The zero-order valence-electron chi connectivity index (χ0n) is 8.05. The third kappa shape index (κ3) is 1.19. The average Bonchev–Trinajstić information content (AvgIpc) is 2.46. The van der Waals surface area contributed by atoms with Gasteiger partial charge in [-0.1, -0.05) is 26.2 Å². The van der Waals surface area contributed by atoms with Crippen molar-refractivity contribution in [2.45, 2.75) is 57.5 Å². The van der Waals surface area contributed by atoms with E-state index in [-0.39, 0.29) is 5.60 Å². The Morgan fingerprint density at radius 2 is 2.00 bits per heavy atom. The van der Waals surface area contributed by atoms with Crippen molar-refractivity contribution in [1.82, 2.24) is 0 Å². The lowest BCUT2D eigenvalue weighted by Gasteiger charge is -2.34. The minimum Gasteiger partial charge on any atom is -0.390 e. The van der Waals surface area contributed by atoms with Gasteiger partial charge in [0.15, 0.2) is 0 Å². The summed E-state index contributed by atoms with van der Waals surface area (Å²) in [6.45, 7) is 2.14. The van der Waals surface area contributed by atoms with Crippen LogP contribution in [0.2, 0.25) is 0 Å². The smallest absolute Gasteiger partial charge is 0.0676 e. The van der Waals surface area contributed by atoms with Crippen molar-refractivity contribution in [3.05, 3.63) is 0 Å². The largest absolute Gasteiger partial charge is 0.390 e. The Labute approximate surface area is 75.2 Å². The molecule has 70 valence electrons. The predicted molar refractivity (Wildman–Crippen MR) is 49.9 cm³/mol. The van der Waals surface area contributed by atoms with Gasteiger partial charge in [0.05, 0.1) is 5.60 Å². The first-order valence-electron chi connectivity index (χ1n) is 5.48. The molecular formula is C11H20O. The lowest BCUT2D eigenvalue weighted by atomic mass is 9.75. The van der Waals surface area contributed by atoms with E-state index in [1.54, 1.807) is 0 Å². The van der Waals surface area contributed by atoms with Crippen molar-refractivity contribution in [3.63, 3.8) is 0 Å². The van der Waals surface area contributed by atoms with Crippen LogP contribution in [0.3, 0.4) is 0 Å². The molecule has 1 heteroatoms. The van der Waals surface area contributed by atoms with Crippen molar-refractivity contribution >= 4 is 0 Å². The number of aliphatic hydroxyl groups is 1. The van der Waals surface area contributed by atoms with Crippen LogP contribution in [0.25, 0.3) is 0 Å². The molecule has 12 heavy (non-hydrogen) atoms. The van der Waals surface area contributed by atoms with Gasteiger partial charge in [0.25, 0.3) is 0 Å². The summed E-state index contributed by atoms with van der Waals surface area (Å²) < 4.78 is 0. The molecule has 0 bridgehead atoms. The summed E-state index contributed by atoms with van der Waals surface area (Å²) in [6, 6.07) is 0. The van der Waals surface area contributed by atoms with E-state index in [0.29, 0.717) is 5.92 Å². The quantitative estimate of drug-likeness (QED) is 0.638. The van der Waals surface area contributed by atoms with Gasteiger partial charge in [0.1, 0.15) is 0 Å². The van der Waals surface area contributed by atoms with Gasteiger partial charge >= 0.3 is 0 Å². The third-order valence-electron chi connectivity index (χ3n) is 4.16. The van der Waals surface area contributed by atoms with E-state index in [0.717, 1.165) is 18.8 Å². The molecule has 0 spiro atoms. The van der Waals surface area contributed by atoms with Gasteiger partial charge in [0.2, 0.25) is 0 Å². The molecule has 2 fully saturated rings. The molecule has 0 heterocycles. The van der Waals surface area contributed by atoms with Crippen molar-refractivity contribution in [2.75, 3.05) is 0 Å². The second-order valence-corrected chi connectivity index (χ2v) is 4.65. The van der Waals surface area contributed by atoms with Crippen LogP contribution in [0.5, 0.6) is 0 Å². The highest BCUT2D eigenvalue weighted by molar-refractivity contribution is 4.97. The molecular weight excluding hydrogens is 148 g/mol. The fraction of sp³-hybridized carbons (Fsp3) is 1.00. The van der Waals surface area contributed by atoms with Crippen molar-refractivity contribution in [1.29, 1.82) is 0 Å². The Kier molecular flexibility index (Phi) is 2.16. The molecule has 2 aliphatic rings. The minimum absolute atomic E-state index is 0.273. The van der Waals surface area contributed by atoms with Crippen LogP contribution in [0, 0.1) is 11.8 Å². The number of fused-ring (bicyclic) bond motifs is 1. The first-order valence-corrected chi connectivity index (χ1v) is 5.48. The lowest BCUT2D eigenvalue weighted by Crippen LogP contribution is -2.35. The van der Waals surface area contributed by atoms with E-state index >= 15 is 0 Å². The van der Waals surface area contributed by atoms with Crippen molar-refractivity contribution in [2.24, 2.45) is 11.8 Å². The number of rotatable bonds is 1. The maximum Gasteiger partial charge on any atom is 0.0676 e. The second-order valence-electron chi connectivity index (χ2n) is 4.65. The first-order chi connectivity index (χ1) is 5.76. The molecule has 3 atom stereocenters. The van der Waals surface area contributed by atoms with E-state index in [1.807, 2.05) is 0 Å². The zero-order valence-corrected chi connectivity index (χ0v) is 8.05. The SMILES string of the molecule is CCC1(O)CCC2CCCCC21. The molecule has 3 unspecified atom stereocenters. The molecule has 1 nitrogen and oxygen atoms in total. The van der Waals surface area contributed by atoms with Crippen LogP contribution in [-0.2, 0) is 0 Å². The average molecular weight is 168 g/mol. The molecule has 0 amide bonds. The van der Waals surface area contributed by atoms with Gasteiger partial charge in [-0.25, -0.2) is 0 Å². The Morgan fingerprint density at radius 3 is 2.75 bits per heavy atom. The van der Waals surface area contributed by atoms with Gasteiger partial charge < -0.3 is 5.11 Å². The summed E-state index contributed by atoms with van der Waals surface area (Å²) >= 11 is 0. The summed E-state index contributed by atoms with van der Waals surface area (Å²) in [5, 5.41) is 10.3. The van der Waals surface area contributed by atoms with Crippen LogP contribution >= 0.6 is 0 Å². The van der Waals surface area contributed by atoms with Gasteiger partial charge in [-0.15, -0.1) is 0 Å². The molecule has 1 N–H and O–H groups in total. The van der Waals surface area contributed by atoms with E-state index in [2.05, 4.69) is 6.92 Å². The van der Waals surface area contributed by atoms with Crippen LogP contribution in [0.15, 0.2) is 0 Å². The summed E-state index contributed by atoms with van der Waals surface area (Å²) in [4.78, 5) is 0. The number of hydrogen-bond acceptors (Lipinski definition) is 1. The van der Waals surface area contributed by atoms with Crippen molar-refractivity contribution < 1.29 is 5.11 Å². The molecule has 0 saturated heterocycles. The molecule has 2 saturated carbocycles. The Balaban J connectivity index is 2.10. The van der Waals surface area contributed by atoms with E-state index in [4.69, 9.17) is 0 Å². The van der Waals surface area contributed by atoms with Crippen LogP contribution in [-0.4, -0.2) is 10.7 Å². The van der Waals surface area contributed by atoms with Crippen LogP contribution < -0.4 is 0 Å². The zero-order chi connectivity index (χ0) is 8.60. The molecule has 0 radical (unpaired) electrons. The van der Waals surface area contributed by atoms with Gasteiger partial charge in [-0.05, 0) is 37.5 Å². The molecule has 0 aliphatic heterocycles. The highest BCUT2D eigenvalue weighted by Gasteiger charge is 2.46. The van der Waals surface area contributed by atoms with Crippen LogP contribution in [0.4, 0.5) is 0 Å². The Hall–Kier alpha value is -0.0400. The molecule has 0 aromatic rings. The Bertz CT molecular complexity index is 166. The fourth-order valence-corrected chi connectivity index (χ4v) is 3.32. The van der Waals surface area contributed by atoms with E-state index in [9.17, 15) is 5.11 Å². The van der Waals surface area contributed by atoms with Gasteiger partial charge in [0, 0.05) is 0 Å². The van der Waals surface area contributed by atoms with Crippen molar-refractivity contribution in [3.8, 4) is 0 Å². The van der Waals surface area contributed by atoms with E-state index in [1.165, 1.54) is 32.1 Å². The maximum atomic E-state index is 10.3. The highest BCUT2D eigenvalue weighted by Crippen LogP contribution is 2.49. The highest BCUT2D eigenvalue weighted by atomic mass is 16.3. The lowest BCUT2D eigenvalue weighted by molar-refractivity contribution is -0.0221. The van der Waals surface area contributed by atoms with E-state index < -0.39 is 0 Å². The third-order valence-corrected chi connectivity index (χ3v) is 4.16. The fourth-order valence-electron chi connectivity index (χ4n) is 3.32. The van der Waals surface area contributed by atoms with Gasteiger partial charge in [-0.2, -0.15) is 0 Å². The minimum atomic E-state index is -0.273. The first kappa shape index (κ1) is 8.55. The predicted octanol–water partition coefficient (Wildman–Crippen LogP) is 2.73.